The molecule has 1 aliphatic carbocycles. The molecule has 1 saturated carbocycles. The number of aliphatic hydroxyl groups is 1. The number of hydrogen-bond acceptors (Lipinski definition) is 5. The van der Waals surface area contributed by atoms with Gasteiger partial charge in [-0.25, -0.2) is 8.42 Å². The van der Waals surface area contributed by atoms with Crippen molar-refractivity contribution in [3.63, 3.8) is 0 Å². The highest BCUT2D eigenvalue weighted by atomic mass is 35.5. The number of rotatable bonds is 7. The smallest absolute Gasteiger partial charge is 0.385 e. The lowest BCUT2D eigenvalue weighted by molar-refractivity contribution is -0.242. The lowest BCUT2D eigenvalue weighted by atomic mass is 10.1. The quantitative estimate of drug-likeness (QED) is 0.555. The summed E-state index contributed by atoms with van der Waals surface area (Å²) >= 11 is 5.98. The first kappa shape index (κ1) is 23.4. The molecule has 0 bridgehead atoms. The summed E-state index contributed by atoms with van der Waals surface area (Å²) < 4.78 is 64.0. The Bertz CT molecular complexity index is 1080. The second kappa shape index (κ2) is 8.33. The third kappa shape index (κ3) is 5.13. The lowest BCUT2D eigenvalue weighted by Gasteiger charge is -2.25. The van der Waals surface area contributed by atoms with Crippen LogP contribution in [0.1, 0.15) is 19.8 Å². The van der Waals surface area contributed by atoms with Gasteiger partial charge in [0.25, 0.3) is 5.91 Å². The minimum absolute atomic E-state index is 0.0114. The first-order valence-corrected chi connectivity index (χ1v) is 11.2. The molecule has 3 N–H and O–H groups in total. The van der Waals surface area contributed by atoms with E-state index in [4.69, 9.17) is 11.6 Å². The number of anilines is 2. The summed E-state index contributed by atoms with van der Waals surface area (Å²) in [5.74, 6) is -1.09. The van der Waals surface area contributed by atoms with E-state index < -0.39 is 27.5 Å². The third-order valence-electron chi connectivity index (χ3n) is 4.95. The van der Waals surface area contributed by atoms with E-state index in [1.54, 1.807) is 12.1 Å². The molecular weight excluding hydrogens is 457 g/mol. The normalized spacial score (nSPS) is 16.5. The third-order valence-corrected chi connectivity index (χ3v) is 7.03. The van der Waals surface area contributed by atoms with Crippen LogP contribution in [0.2, 0.25) is 5.02 Å². The summed E-state index contributed by atoms with van der Waals surface area (Å²) in [4.78, 5) is 11.6. The highest BCUT2D eigenvalue weighted by Crippen LogP contribution is 2.34. The van der Waals surface area contributed by atoms with Gasteiger partial charge in [0, 0.05) is 12.2 Å². The number of carbonyl (C=O) groups is 1. The van der Waals surface area contributed by atoms with E-state index in [9.17, 15) is 31.5 Å². The maximum atomic E-state index is 12.8. The molecule has 0 spiro atoms. The van der Waals surface area contributed by atoms with Gasteiger partial charge in [-0.3, -0.25) is 4.79 Å². The van der Waals surface area contributed by atoms with Crippen LogP contribution in [0.5, 0.6) is 0 Å². The number of nitrogens with one attached hydrogen (secondary N) is 2. The summed E-state index contributed by atoms with van der Waals surface area (Å²) in [5.41, 5.74) is -3.12. The average Bonchev–Trinajstić information content (AvgIpc) is 3.51. The van der Waals surface area contributed by atoms with Crippen LogP contribution in [-0.4, -0.2) is 37.8 Å². The maximum Gasteiger partial charge on any atom is 0.426 e. The number of carbonyl (C=O) groups excluding carboxylic acids is 1. The van der Waals surface area contributed by atoms with Gasteiger partial charge in [0.15, 0.2) is 0 Å². The van der Waals surface area contributed by atoms with Gasteiger partial charge in [0.2, 0.25) is 15.4 Å². The van der Waals surface area contributed by atoms with Crippen LogP contribution in [-0.2, 0) is 14.6 Å². The van der Waals surface area contributed by atoms with Crippen molar-refractivity contribution < 1.29 is 31.5 Å². The maximum absolute atomic E-state index is 12.8. The highest BCUT2D eigenvalue weighted by molar-refractivity contribution is 7.91. The molecule has 0 unspecified atom stereocenters. The molecule has 1 amide bonds. The van der Waals surface area contributed by atoms with Crippen LogP contribution in [0.3, 0.4) is 0 Å². The number of sulfone groups is 1. The first-order valence-electron chi connectivity index (χ1n) is 9.31. The molecule has 6 nitrogen and oxygen atoms in total. The summed E-state index contributed by atoms with van der Waals surface area (Å²) in [7, 11) is -3.95. The van der Waals surface area contributed by atoms with E-state index in [0.717, 1.165) is 30.4 Å². The van der Waals surface area contributed by atoms with Crippen molar-refractivity contribution in [1.82, 2.24) is 0 Å². The fourth-order valence-electron chi connectivity index (χ4n) is 2.61. The van der Waals surface area contributed by atoms with Crippen molar-refractivity contribution in [2.24, 2.45) is 5.92 Å². The second-order valence-corrected chi connectivity index (χ2v) is 9.87. The van der Waals surface area contributed by atoms with E-state index >= 15 is 0 Å². The van der Waals surface area contributed by atoms with Crippen molar-refractivity contribution in [2.45, 2.75) is 41.3 Å². The Kier molecular flexibility index (Phi) is 6.28. The summed E-state index contributed by atoms with van der Waals surface area (Å²) in [6.07, 6.45) is -2.83. The zero-order valence-electron chi connectivity index (χ0n) is 16.3. The number of amides is 1. The van der Waals surface area contributed by atoms with Crippen LogP contribution in [0.25, 0.3) is 0 Å². The fourth-order valence-corrected chi connectivity index (χ4v) is 4.19. The molecule has 0 saturated heterocycles. The molecule has 0 heterocycles. The van der Waals surface area contributed by atoms with Crippen molar-refractivity contribution in [2.75, 3.05) is 17.2 Å². The lowest BCUT2D eigenvalue weighted by Crippen LogP contribution is -2.52. The SMILES string of the molecule is C[C@@](O)(C(=O)Nc1ccc(S(=O)(=O)c2ccc(NCC3CC3)cc2)cc1Cl)C(F)(F)F. The molecule has 3 rings (SSSR count). The predicted octanol–water partition coefficient (Wildman–Crippen LogP) is 4.25. The van der Waals surface area contributed by atoms with Gasteiger partial charge in [-0.1, -0.05) is 11.6 Å². The number of halogens is 4. The van der Waals surface area contributed by atoms with E-state index in [1.165, 1.54) is 25.0 Å². The van der Waals surface area contributed by atoms with Gasteiger partial charge in [-0.15, -0.1) is 0 Å². The van der Waals surface area contributed by atoms with E-state index in [-0.39, 0.29) is 20.5 Å². The van der Waals surface area contributed by atoms with Crippen LogP contribution in [0.15, 0.2) is 52.3 Å². The Balaban J connectivity index is 1.77. The molecular formula is C20H20ClF3N2O4S. The summed E-state index contributed by atoms with van der Waals surface area (Å²) in [6.45, 7) is 1.13. The van der Waals surface area contributed by atoms with Gasteiger partial charge in [0.1, 0.15) is 0 Å². The molecule has 168 valence electrons. The average molecular weight is 477 g/mol. The first-order chi connectivity index (χ1) is 14.3. The van der Waals surface area contributed by atoms with Crippen LogP contribution in [0, 0.1) is 5.92 Å². The Labute approximate surface area is 182 Å². The van der Waals surface area contributed by atoms with Gasteiger partial charge >= 0.3 is 6.18 Å². The molecule has 0 aromatic heterocycles. The number of benzene rings is 2. The zero-order valence-corrected chi connectivity index (χ0v) is 17.9. The molecule has 1 fully saturated rings. The molecule has 0 radical (unpaired) electrons. The van der Waals surface area contributed by atoms with Gasteiger partial charge in [-0.05, 0) is 68.1 Å². The minimum Gasteiger partial charge on any atom is -0.385 e. The number of alkyl halides is 3. The summed E-state index contributed by atoms with van der Waals surface area (Å²) in [5, 5.41) is 14.2. The Morgan fingerprint density at radius 3 is 2.23 bits per heavy atom. The number of hydrogen-bond donors (Lipinski definition) is 3. The Morgan fingerprint density at radius 2 is 1.71 bits per heavy atom. The minimum atomic E-state index is -5.20. The summed E-state index contributed by atoms with van der Waals surface area (Å²) in [6, 6.07) is 9.36. The monoisotopic (exact) mass is 476 g/mol. The second-order valence-electron chi connectivity index (χ2n) is 7.52. The molecule has 31 heavy (non-hydrogen) atoms. The predicted molar refractivity (Wildman–Crippen MR) is 110 cm³/mol. The zero-order chi connectivity index (χ0) is 23.0. The van der Waals surface area contributed by atoms with Crippen molar-refractivity contribution in [3.05, 3.63) is 47.5 Å². The van der Waals surface area contributed by atoms with E-state index in [0.29, 0.717) is 12.8 Å². The van der Waals surface area contributed by atoms with Crippen LogP contribution < -0.4 is 10.6 Å². The largest absolute Gasteiger partial charge is 0.426 e. The molecule has 11 heteroatoms. The standard InChI is InChI=1S/C20H20ClF3N2O4S/c1-19(28,20(22,23)24)18(27)26-17-9-8-15(10-16(17)21)31(29,30)14-6-4-13(5-7-14)25-11-12-2-3-12/h4-10,12,25,28H,2-3,11H2,1H3,(H,26,27)/t19-/m1/s1. The van der Waals surface area contributed by atoms with Gasteiger partial charge < -0.3 is 15.7 Å². The Hall–Kier alpha value is -2.30. The van der Waals surface area contributed by atoms with Crippen LogP contribution in [0.4, 0.5) is 24.5 Å². The van der Waals surface area contributed by atoms with Gasteiger partial charge in [0.05, 0.1) is 20.5 Å². The molecule has 1 atom stereocenters. The topological polar surface area (TPSA) is 95.5 Å². The van der Waals surface area contributed by atoms with Gasteiger partial charge in [-0.2, -0.15) is 13.2 Å². The Morgan fingerprint density at radius 1 is 1.13 bits per heavy atom. The van der Waals surface area contributed by atoms with E-state index in [2.05, 4.69) is 5.32 Å². The molecule has 1 aliphatic rings. The highest BCUT2D eigenvalue weighted by Gasteiger charge is 2.55. The van der Waals surface area contributed by atoms with Crippen LogP contribution >= 0.6 is 11.6 Å². The van der Waals surface area contributed by atoms with Crippen molar-refractivity contribution in [1.29, 1.82) is 0 Å². The van der Waals surface area contributed by atoms with Crippen molar-refractivity contribution in [3.8, 4) is 0 Å². The molecule has 2 aromatic carbocycles. The van der Waals surface area contributed by atoms with Crippen molar-refractivity contribution >= 4 is 38.7 Å². The molecule has 2 aromatic rings. The molecule has 0 aliphatic heterocycles. The van der Waals surface area contributed by atoms with E-state index in [1.807, 2.05) is 5.32 Å². The fraction of sp³-hybridized carbons (Fsp3) is 0.350.